The molecule has 0 saturated carbocycles. The molecule has 2 aliphatic rings. The number of aryl methyl sites for hydroxylation is 1. The molecule has 2 aromatic carbocycles. The minimum Gasteiger partial charge on any atom is -0.463 e. The third kappa shape index (κ3) is 4.64. The van der Waals surface area contributed by atoms with E-state index in [1.807, 2.05) is 30.3 Å². The van der Waals surface area contributed by atoms with E-state index in [1.54, 1.807) is 6.92 Å². The summed E-state index contributed by atoms with van der Waals surface area (Å²) in [6.07, 6.45) is 1.88. The van der Waals surface area contributed by atoms with Crippen molar-refractivity contribution >= 4 is 12.0 Å². The fraction of sp³-hybridized carbons (Fsp3) is 0.360. The molecule has 0 saturated heterocycles. The highest BCUT2D eigenvalue weighted by Gasteiger charge is 2.34. The van der Waals surface area contributed by atoms with Crippen LogP contribution in [0.4, 0.5) is 4.79 Å². The Morgan fingerprint density at radius 2 is 1.84 bits per heavy atom. The predicted molar refractivity (Wildman–Crippen MR) is 119 cm³/mol. The lowest BCUT2D eigenvalue weighted by molar-refractivity contribution is -0.139. The van der Waals surface area contributed by atoms with Gasteiger partial charge in [0.15, 0.2) is 0 Å². The van der Waals surface area contributed by atoms with Crippen molar-refractivity contribution in [1.29, 1.82) is 0 Å². The first-order valence-electron chi connectivity index (χ1n) is 10.9. The van der Waals surface area contributed by atoms with Crippen LogP contribution in [0.1, 0.15) is 42.1 Å². The Morgan fingerprint density at radius 1 is 1.10 bits per heavy atom. The summed E-state index contributed by atoms with van der Waals surface area (Å²) in [5.74, 6) is -0.396. The molecule has 1 unspecified atom stereocenters. The van der Waals surface area contributed by atoms with Gasteiger partial charge >= 0.3 is 12.0 Å². The quantitative estimate of drug-likeness (QED) is 0.704. The number of nitrogens with zero attached hydrogens (tertiary/aromatic N) is 1. The zero-order valence-electron chi connectivity index (χ0n) is 18.1. The normalized spacial score (nSPS) is 18.8. The molecule has 2 aromatic rings. The molecule has 0 aromatic heterocycles. The molecule has 2 amide bonds. The number of hydrogen-bond donors (Lipinski definition) is 2. The predicted octanol–water partition coefficient (Wildman–Crippen LogP) is 3.48. The smallest absolute Gasteiger partial charge is 0.338 e. The van der Waals surface area contributed by atoms with E-state index >= 15 is 0 Å². The standard InChI is InChI=1S/C25H29N3O3/c1-3-17-9-11-19(12-10-17)23-22(24(29)31-4-2)21(26-25(30)27-23)16-28-14-13-18-7-5-6-8-20(18)15-28/h5-12,23H,3-4,13-16H2,1-2H3,(H2,26,27,30). The van der Waals surface area contributed by atoms with Crippen molar-refractivity contribution in [3.05, 3.63) is 82.1 Å². The van der Waals surface area contributed by atoms with Crippen LogP contribution in [0.15, 0.2) is 59.8 Å². The second-order valence-electron chi connectivity index (χ2n) is 7.97. The van der Waals surface area contributed by atoms with Crippen LogP contribution >= 0.6 is 0 Å². The summed E-state index contributed by atoms with van der Waals surface area (Å²) in [5, 5.41) is 5.80. The Balaban J connectivity index is 1.66. The molecule has 31 heavy (non-hydrogen) atoms. The van der Waals surface area contributed by atoms with Crippen LogP contribution in [0.2, 0.25) is 0 Å². The lowest BCUT2D eigenvalue weighted by Gasteiger charge is -2.34. The van der Waals surface area contributed by atoms with Gasteiger partial charge in [0.1, 0.15) is 0 Å². The summed E-state index contributed by atoms with van der Waals surface area (Å²) in [6, 6.07) is 15.6. The molecule has 6 heteroatoms. The van der Waals surface area contributed by atoms with E-state index in [2.05, 4.69) is 40.7 Å². The van der Waals surface area contributed by atoms with Crippen LogP contribution in [0.5, 0.6) is 0 Å². The zero-order chi connectivity index (χ0) is 21.8. The van der Waals surface area contributed by atoms with Gasteiger partial charge in [0.25, 0.3) is 0 Å². The first-order chi connectivity index (χ1) is 15.1. The number of carbonyl (C=O) groups excluding carboxylic acids is 2. The molecule has 0 bridgehead atoms. The molecule has 0 radical (unpaired) electrons. The Hall–Kier alpha value is -3.12. The number of hydrogen-bond acceptors (Lipinski definition) is 4. The topological polar surface area (TPSA) is 70.7 Å². The lowest BCUT2D eigenvalue weighted by Crippen LogP contribution is -2.49. The van der Waals surface area contributed by atoms with Crippen molar-refractivity contribution in [2.45, 2.75) is 39.3 Å². The number of carbonyl (C=O) groups is 2. The number of esters is 1. The summed E-state index contributed by atoms with van der Waals surface area (Å²) in [4.78, 5) is 27.8. The number of ether oxygens (including phenoxy) is 1. The summed E-state index contributed by atoms with van der Waals surface area (Å²) in [6.45, 7) is 6.31. The Morgan fingerprint density at radius 3 is 2.55 bits per heavy atom. The van der Waals surface area contributed by atoms with E-state index < -0.39 is 12.0 Å². The van der Waals surface area contributed by atoms with Crippen molar-refractivity contribution in [3.63, 3.8) is 0 Å². The molecular formula is C25H29N3O3. The number of benzene rings is 2. The van der Waals surface area contributed by atoms with Crippen LogP contribution in [0.25, 0.3) is 0 Å². The monoisotopic (exact) mass is 419 g/mol. The number of fused-ring (bicyclic) bond motifs is 1. The largest absolute Gasteiger partial charge is 0.463 e. The highest BCUT2D eigenvalue weighted by atomic mass is 16.5. The Kier molecular flexibility index (Phi) is 6.37. The van der Waals surface area contributed by atoms with Crippen LogP contribution in [0, 0.1) is 0 Å². The van der Waals surface area contributed by atoms with Crippen LogP contribution < -0.4 is 10.6 Å². The number of nitrogens with one attached hydrogen (secondary N) is 2. The van der Waals surface area contributed by atoms with Crippen LogP contribution in [0.3, 0.4) is 0 Å². The highest BCUT2D eigenvalue weighted by Crippen LogP contribution is 2.29. The van der Waals surface area contributed by atoms with Gasteiger partial charge in [0, 0.05) is 25.3 Å². The van der Waals surface area contributed by atoms with Gasteiger partial charge in [-0.2, -0.15) is 0 Å². The average Bonchev–Trinajstić information content (AvgIpc) is 2.79. The molecule has 0 fully saturated rings. The molecule has 2 aliphatic heterocycles. The molecule has 2 heterocycles. The van der Waals surface area contributed by atoms with Gasteiger partial charge in [-0.05, 0) is 42.0 Å². The molecule has 0 spiro atoms. The summed E-state index contributed by atoms with van der Waals surface area (Å²) in [7, 11) is 0. The van der Waals surface area contributed by atoms with E-state index in [9.17, 15) is 9.59 Å². The van der Waals surface area contributed by atoms with Gasteiger partial charge in [-0.25, -0.2) is 9.59 Å². The molecule has 1 atom stereocenters. The summed E-state index contributed by atoms with van der Waals surface area (Å²) in [5.41, 5.74) is 5.82. The number of urea groups is 1. The van der Waals surface area contributed by atoms with E-state index in [-0.39, 0.29) is 12.6 Å². The zero-order valence-corrected chi connectivity index (χ0v) is 18.1. The van der Waals surface area contributed by atoms with Crippen molar-refractivity contribution in [1.82, 2.24) is 15.5 Å². The molecule has 4 rings (SSSR count). The van der Waals surface area contributed by atoms with Crippen molar-refractivity contribution in [3.8, 4) is 0 Å². The highest BCUT2D eigenvalue weighted by molar-refractivity contribution is 5.95. The average molecular weight is 420 g/mol. The lowest BCUT2D eigenvalue weighted by atomic mass is 9.93. The first kappa shape index (κ1) is 21.1. The fourth-order valence-corrected chi connectivity index (χ4v) is 4.30. The van der Waals surface area contributed by atoms with E-state index in [4.69, 9.17) is 4.74 Å². The van der Waals surface area contributed by atoms with Crippen LogP contribution in [-0.2, 0) is 28.9 Å². The van der Waals surface area contributed by atoms with Gasteiger partial charge in [0.05, 0.1) is 18.2 Å². The van der Waals surface area contributed by atoms with Crippen molar-refractivity contribution in [2.24, 2.45) is 0 Å². The van der Waals surface area contributed by atoms with E-state index in [1.165, 1.54) is 16.7 Å². The second kappa shape index (κ2) is 9.35. The summed E-state index contributed by atoms with van der Waals surface area (Å²) >= 11 is 0. The van der Waals surface area contributed by atoms with E-state index in [0.29, 0.717) is 17.8 Å². The van der Waals surface area contributed by atoms with Crippen molar-refractivity contribution < 1.29 is 14.3 Å². The third-order valence-electron chi connectivity index (χ3n) is 5.96. The van der Waals surface area contributed by atoms with Gasteiger partial charge in [-0.3, -0.25) is 4.90 Å². The maximum absolute atomic E-state index is 13.0. The SMILES string of the molecule is CCOC(=O)C1=C(CN2CCc3ccccc3C2)NC(=O)NC1c1ccc(CC)cc1. The first-order valence-corrected chi connectivity index (χ1v) is 10.9. The molecule has 2 N–H and O–H groups in total. The summed E-state index contributed by atoms with van der Waals surface area (Å²) < 4.78 is 5.38. The third-order valence-corrected chi connectivity index (χ3v) is 5.96. The van der Waals surface area contributed by atoms with Crippen molar-refractivity contribution in [2.75, 3.05) is 19.7 Å². The fourth-order valence-electron chi connectivity index (χ4n) is 4.30. The maximum Gasteiger partial charge on any atom is 0.338 e. The molecular weight excluding hydrogens is 390 g/mol. The van der Waals surface area contributed by atoms with E-state index in [0.717, 1.165) is 31.5 Å². The van der Waals surface area contributed by atoms with Gasteiger partial charge in [0.2, 0.25) is 0 Å². The Bertz CT molecular complexity index is 997. The maximum atomic E-state index is 13.0. The number of amides is 2. The van der Waals surface area contributed by atoms with Crippen LogP contribution in [-0.4, -0.2) is 36.6 Å². The second-order valence-corrected chi connectivity index (χ2v) is 7.97. The Labute approximate surface area is 183 Å². The van der Waals surface area contributed by atoms with Gasteiger partial charge in [-0.15, -0.1) is 0 Å². The van der Waals surface area contributed by atoms with Gasteiger partial charge in [-0.1, -0.05) is 55.5 Å². The minimum absolute atomic E-state index is 0.280. The van der Waals surface area contributed by atoms with Gasteiger partial charge < -0.3 is 15.4 Å². The minimum atomic E-state index is -0.536. The number of rotatable bonds is 6. The molecule has 162 valence electrons. The molecule has 6 nitrogen and oxygen atoms in total. The molecule has 0 aliphatic carbocycles.